The first-order valence-electron chi connectivity index (χ1n) is 9.94. The maximum atomic E-state index is 5.97. The van der Waals surface area contributed by atoms with Gasteiger partial charge in [0.05, 0.1) is 12.3 Å². The van der Waals surface area contributed by atoms with Crippen molar-refractivity contribution >= 4 is 0 Å². The molecule has 5 nitrogen and oxygen atoms in total. The topological polar surface area (TPSA) is 51.4 Å². The van der Waals surface area contributed by atoms with Gasteiger partial charge in [0.15, 0.2) is 0 Å². The first-order chi connectivity index (χ1) is 13.7. The Bertz CT molecular complexity index is 890. The molecule has 0 bridgehead atoms. The molecule has 3 heterocycles. The molecule has 1 saturated heterocycles. The van der Waals surface area contributed by atoms with Gasteiger partial charge in [0, 0.05) is 44.1 Å². The van der Waals surface area contributed by atoms with E-state index in [-0.39, 0.29) is 0 Å². The molecule has 0 N–H and O–H groups in total. The van der Waals surface area contributed by atoms with Crippen LogP contribution < -0.4 is 0 Å². The summed E-state index contributed by atoms with van der Waals surface area (Å²) in [4.78, 5) is 11.4. The van der Waals surface area contributed by atoms with Gasteiger partial charge in [0.2, 0.25) is 5.89 Å². The van der Waals surface area contributed by atoms with E-state index in [0.29, 0.717) is 11.9 Å². The van der Waals surface area contributed by atoms with Gasteiger partial charge in [-0.25, -0.2) is 4.98 Å². The van der Waals surface area contributed by atoms with Crippen molar-refractivity contribution in [1.29, 1.82) is 0 Å². The molecule has 2 aromatic heterocycles. The number of methoxy groups -OCH3 is 1. The van der Waals surface area contributed by atoms with Gasteiger partial charge in [0.25, 0.3) is 0 Å². The largest absolute Gasteiger partial charge is 0.441 e. The Kier molecular flexibility index (Phi) is 5.84. The lowest BCUT2D eigenvalue weighted by Gasteiger charge is -2.23. The second-order valence-corrected chi connectivity index (χ2v) is 7.37. The maximum absolute atomic E-state index is 5.97. The minimum atomic E-state index is 0.539. The van der Waals surface area contributed by atoms with Crippen LogP contribution >= 0.6 is 0 Å². The molecule has 5 heteroatoms. The van der Waals surface area contributed by atoms with E-state index >= 15 is 0 Å². The molecular formula is C23H27N3O2. The fourth-order valence-corrected chi connectivity index (χ4v) is 3.95. The minimum absolute atomic E-state index is 0.539. The number of aryl methyl sites for hydroxylation is 1. The Balaban J connectivity index is 1.44. The summed E-state index contributed by atoms with van der Waals surface area (Å²) >= 11 is 0. The van der Waals surface area contributed by atoms with E-state index in [9.17, 15) is 0 Å². The average Bonchev–Trinajstić information content (AvgIpc) is 3.33. The van der Waals surface area contributed by atoms with Crippen molar-refractivity contribution in [2.75, 3.05) is 26.8 Å². The second-order valence-electron chi connectivity index (χ2n) is 7.37. The molecule has 0 aliphatic carbocycles. The summed E-state index contributed by atoms with van der Waals surface area (Å²) in [5.74, 6) is 1.61. The fourth-order valence-electron chi connectivity index (χ4n) is 3.95. The van der Waals surface area contributed by atoms with E-state index in [1.165, 1.54) is 12.8 Å². The number of hydrogen-bond donors (Lipinski definition) is 0. The van der Waals surface area contributed by atoms with Crippen molar-refractivity contribution in [1.82, 2.24) is 14.9 Å². The third kappa shape index (κ3) is 4.16. The standard InChI is InChI=1S/C23H27N3O2/c1-17-22(11-15-26-14-3-4-21(26)16-27-2)25-23(28-17)20-7-5-18(6-8-20)19-9-12-24-13-10-19/h5-10,12-13,21H,3-4,11,14-16H2,1-2H3. The summed E-state index contributed by atoms with van der Waals surface area (Å²) in [6.45, 7) is 4.97. The SMILES string of the molecule is COCC1CCCN1CCc1nc(-c2ccc(-c3ccncc3)cc2)oc1C. The van der Waals surface area contributed by atoms with Crippen LogP contribution in [-0.4, -0.2) is 47.7 Å². The summed E-state index contributed by atoms with van der Waals surface area (Å²) in [5, 5.41) is 0. The summed E-state index contributed by atoms with van der Waals surface area (Å²) in [6.07, 6.45) is 7.00. The summed E-state index contributed by atoms with van der Waals surface area (Å²) in [7, 11) is 1.78. The fraction of sp³-hybridized carbons (Fsp3) is 0.391. The highest BCUT2D eigenvalue weighted by Crippen LogP contribution is 2.26. The Morgan fingerprint density at radius 1 is 1.07 bits per heavy atom. The Hall–Kier alpha value is -2.50. The molecule has 1 aromatic carbocycles. The number of rotatable bonds is 7. The monoisotopic (exact) mass is 377 g/mol. The van der Waals surface area contributed by atoms with E-state index in [4.69, 9.17) is 14.1 Å². The number of likely N-dealkylation sites (tertiary alicyclic amines) is 1. The van der Waals surface area contributed by atoms with E-state index in [0.717, 1.165) is 54.3 Å². The van der Waals surface area contributed by atoms with Crippen molar-refractivity contribution in [2.24, 2.45) is 0 Å². The first kappa shape index (κ1) is 18.8. The summed E-state index contributed by atoms with van der Waals surface area (Å²) < 4.78 is 11.3. The Morgan fingerprint density at radius 2 is 1.79 bits per heavy atom. The van der Waals surface area contributed by atoms with Crippen LogP contribution in [0.1, 0.15) is 24.3 Å². The number of benzene rings is 1. The number of nitrogens with zero attached hydrogens (tertiary/aromatic N) is 3. The van der Waals surface area contributed by atoms with E-state index < -0.39 is 0 Å². The zero-order valence-electron chi connectivity index (χ0n) is 16.6. The van der Waals surface area contributed by atoms with Gasteiger partial charge < -0.3 is 9.15 Å². The van der Waals surface area contributed by atoms with Crippen LogP contribution in [0.5, 0.6) is 0 Å². The molecule has 1 aliphatic heterocycles. The van der Waals surface area contributed by atoms with Crippen LogP contribution in [-0.2, 0) is 11.2 Å². The van der Waals surface area contributed by atoms with Gasteiger partial charge in [0.1, 0.15) is 5.76 Å². The van der Waals surface area contributed by atoms with Crippen LogP contribution in [0.2, 0.25) is 0 Å². The molecule has 1 atom stereocenters. The first-order valence-corrected chi connectivity index (χ1v) is 9.94. The Morgan fingerprint density at radius 3 is 2.54 bits per heavy atom. The van der Waals surface area contributed by atoms with E-state index in [1.807, 2.05) is 31.5 Å². The molecular weight excluding hydrogens is 350 g/mol. The summed E-state index contributed by atoms with van der Waals surface area (Å²) in [5.41, 5.74) is 4.37. The van der Waals surface area contributed by atoms with Crippen molar-refractivity contribution in [3.05, 3.63) is 60.2 Å². The summed E-state index contributed by atoms with van der Waals surface area (Å²) in [6, 6.07) is 12.9. The van der Waals surface area contributed by atoms with Crippen LogP contribution in [0.3, 0.4) is 0 Å². The van der Waals surface area contributed by atoms with Crippen molar-refractivity contribution in [3.8, 4) is 22.6 Å². The smallest absolute Gasteiger partial charge is 0.226 e. The molecule has 0 amide bonds. The molecule has 0 radical (unpaired) electrons. The second kappa shape index (κ2) is 8.67. The van der Waals surface area contributed by atoms with E-state index in [1.54, 1.807) is 7.11 Å². The van der Waals surface area contributed by atoms with Gasteiger partial charge in [-0.3, -0.25) is 9.88 Å². The average molecular weight is 377 g/mol. The zero-order valence-corrected chi connectivity index (χ0v) is 16.6. The third-order valence-electron chi connectivity index (χ3n) is 5.53. The minimum Gasteiger partial charge on any atom is -0.441 e. The highest BCUT2D eigenvalue weighted by atomic mass is 16.5. The molecule has 4 rings (SSSR count). The van der Waals surface area contributed by atoms with Gasteiger partial charge in [-0.15, -0.1) is 0 Å². The van der Waals surface area contributed by atoms with Crippen molar-refractivity contribution in [2.45, 2.75) is 32.2 Å². The van der Waals surface area contributed by atoms with Crippen LogP contribution in [0, 0.1) is 6.92 Å². The Labute approximate surface area is 166 Å². The van der Waals surface area contributed by atoms with Crippen LogP contribution in [0.15, 0.2) is 53.2 Å². The van der Waals surface area contributed by atoms with Crippen LogP contribution in [0.4, 0.5) is 0 Å². The molecule has 1 unspecified atom stereocenters. The predicted octanol–water partition coefficient (Wildman–Crippen LogP) is 4.37. The zero-order chi connectivity index (χ0) is 19.3. The van der Waals surface area contributed by atoms with Gasteiger partial charge in [-0.2, -0.15) is 0 Å². The quantitative estimate of drug-likeness (QED) is 0.612. The number of pyridine rings is 1. The molecule has 1 fully saturated rings. The normalized spacial score (nSPS) is 17.3. The van der Waals surface area contributed by atoms with Crippen molar-refractivity contribution < 1.29 is 9.15 Å². The number of aromatic nitrogens is 2. The number of oxazole rings is 1. The third-order valence-corrected chi connectivity index (χ3v) is 5.53. The maximum Gasteiger partial charge on any atom is 0.226 e. The lowest BCUT2D eigenvalue weighted by Crippen LogP contribution is -2.34. The van der Waals surface area contributed by atoms with Gasteiger partial charge in [-0.1, -0.05) is 12.1 Å². The molecule has 0 spiro atoms. The van der Waals surface area contributed by atoms with Gasteiger partial charge >= 0.3 is 0 Å². The molecule has 1 aliphatic rings. The van der Waals surface area contributed by atoms with Crippen molar-refractivity contribution in [3.63, 3.8) is 0 Å². The predicted molar refractivity (Wildman–Crippen MR) is 110 cm³/mol. The lowest BCUT2D eigenvalue weighted by atomic mass is 10.1. The van der Waals surface area contributed by atoms with Gasteiger partial charge in [-0.05, 0) is 61.7 Å². The molecule has 28 heavy (non-hydrogen) atoms. The number of hydrogen-bond acceptors (Lipinski definition) is 5. The highest BCUT2D eigenvalue weighted by molar-refractivity contribution is 5.66. The number of ether oxygens (including phenoxy) is 1. The van der Waals surface area contributed by atoms with Crippen LogP contribution in [0.25, 0.3) is 22.6 Å². The molecule has 0 saturated carbocycles. The van der Waals surface area contributed by atoms with E-state index in [2.05, 4.69) is 34.1 Å². The highest BCUT2D eigenvalue weighted by Gasteiger charge is 2.24. The molecule has 146 valence electrons. The lowest BCUT2D eigenvalue weighted by molar-refractivity contribution is 0.116. The molecule has 3 aromatic rings.